The highest BCUT2D eigenvalue weighted by Gasteiger charge is 2.12. The largest absolute Gasteiger partial charge is 0.294 e. The summed E-state index contributed by atoms with van der Waals surface area (Å²) in [6.45, 7) is 0. The highest BCUT2D eigenvalue weighted by molar-refractivity contribution is 7.79. The molecule has 0 saturated carbocycles. The van der Waals surface area contributed by atoms with Gasteiger partial charge in [0.05, 0.1) is 5.56 Å². The van der Waals surface area contributed by atoms with Crippen LogP contribution in [0, 0.1) is 5.82 Å². The Morgan fingerprint density at radius 3 is 2.50 bits per heavy atom. The zero-order valence-corrected chi connectivity index (χ0v) is 12.2. The third-order valence-corrected chi connectivity index (χ3v) is 3.50. The highest BCUT2D eigenvalue weighted by atomic mass is 35.5. The number of hydrogen-bond acceptors (Lipinski definition) is 2. The van der Waals surface area contributed by atoms with E-state index in [1.165, 1.54) is 12.1 Å². The standard InChI is InChI=1S/C16H12ClFOS/c17-13-6-7-14(15(18)9-13)16(19)8-5-11-1-3-12(10-20)4-2-11/h1-4,6-7,9-10H,5,8H2. The minimum Gasteiger partial charge on any atom is -0.294 e. The average Bonchev–Trinajstić information content (AvgIpc) is 2.45. The molecule has 0 saturated heterocycles. The molecule has 0 aliphatic heterocycles. The second kappa shape index (κ2) is 6.73. The number of hydrogen-bond donors (Lipinski definition) is 0. The third-order valence-electron chi connectivity index (χ3n) is 2.99. The van der Waals surface area contributed by atoms with Crippen LogP contribution in [0.5, 0.6) is 0 Å². The summed E-state index contributed by atoms with van der Waals surface area (Å²) in [4.78, 5) is 12.0. The Kier molecular flexibility index (Phi) is 4.99. The number of Topliss-reactive ketones (excluding diaryl/α,β-unsaturated/α-hetero) is 1. The second-order valence-corrected chi connectivity index (χ2v) is 5.08. The lowest BCUT2D eigenvalue weighted by molar-refractivity contribution is 0.0979. The van der Waals surface area contributed by atoms with Crippen molar-refractivity contribution in [1.82, 2.24) is 0 Å². The molecule has 0 amide bonds. The number of benzene rings is 2. The number of thiocarbonyl (C=S) groups is 1. The van der Waals surface area contributed by atoms with E-state index in [0.29, 0.717) is 6.42 Å². The van der Waals surface area contributed by atoms with E-state index in [-0.39, 0.29) is 22.8 Å². The molecule has 0 atom stereocenters. The second-order valence-electron chi connectivity index (χ2n) is 4.41. The summed E-state index contributed by atoms with van der Waals surface area (Å²) in [5.41, 5.74) is 2.07. The SMILES string of the molecule is O=C(CCc1ccc(C=S)cc1)c1ccc(Cl)cc1F. The molecule has 1 nitrogen and oxygen atoms in total. The van der Waals surface area contributed by atoms with Crippen LogP contribution in [0.25, 0.3) is 0 Å². The van der Waals surface area contributed by atoms with Crippen LogP contribution in [0.4, 0.5) is 4.39 Å². The van der Waals surface area contributed by atoms with Gasteiger partial charge in [0.15, 0.2) is 5.78 Å². The number of aryl methyl sites for hydroxylation is 1. The monoisotopic (exact) mass is 306 g/mol. The van der Waals surface area contributed by atoms with Crippen LogP contribution in [-0.4, -0.2) is 11.2 Å². The van der Waals surface area contributed by atoms with E-state index >= 15 is 0 Å². The average molecular weight is 307 g/mol. The van der Waals surface area contributed by atoms with Gasteiger partial charge in [0.2, 0.25) is 0 Å². The summed E-state index contributed by atoms with van der Waals surface area (Å²) in [5.74, 6) is -0.795. The van der Waals surface area contributed by atoms with Gasteiger partial charge in [-0.25, -0.2) is 4.39 Å². The van der Waals surface area contributed by atoms with E-state index in [0.717, 1.165) is 17.2 Å². The van der Waals surface area contributed by atoms with Crippen molar-refractivity contribution in [3.05, 3.63) is 70.0 Å². The van der Waals surface area contributed by atoms with Gasteiger partial charge in [-0.05, 0) is 35.7 Å². The normalized spacial score (nSPS) is 10.3. The van der Waals surface area contributed by atoms with Crippen LogP contribution in [0.3, 0.4) is 0 Å². The molecule has 0 fully saturated rings. The molecule has 2 rings (SSSR count). The Morgan fingerprint density at radius 1 is 1.20 bits per heavy atom. The van der Waals surface area contributed by atoms with Crippen molar-refractivity contribution in [2.75, 3.05) is 0 Å². The van der Waals surface area contributed by atoms with Gasteiger partial charge in [-0.2, -0.15) is 0 Å². The first kappa shape index (κ1) is 14.8. The topological polar surface area (TPSA) is 17.1 Å². The first-order chi connectivity index (χ1) is 9.60. The lowest BCUT2D eigenvalue weighted by Crippen LogP contribution is -2.04. The lowest BCUT2D eigenvalue weighted by atomic mass is 10.0. The van der Waals surface area contributed by atoms with Crippen molar-refractivity contribution in [1.29, 1.82) is 0 Å². The summed E-state index contributed by atoms with van der Waals surface area (Å²) in [5, 5.41) is 1.88. The molecule has 0 N–H and O–H groups in total. The van der Waals surface area contributed by atoms with Crippen LogP contribution in [0.2, 0.25) is 5.02 Å². The molecule has 0 unspecified atom stereocenters. The molecule has 0 aromatic heterocycles. The Morgan fingerprint density at radius 2 is 1.90 bits per heavy atom. The lowest BCUT2D eigenvalue weighted by Gasteiger charge is -2.04. The van der Waals surface area contributed by atoms with Crippen molar-refractivity contribution in [2.24, 2.45) is 0 Å². The third kappa shape index (κ3) is 3.71. The Hall–Kier alpha value is -1.58. The molecule has 0 bridgehead atoms. The Bertz CT molecular complexity index is 637. The predicted octanol–water partition coefficient (Wildman–Crippen LogP) is 4.64. The summed E-state index contributed by atoms with van der Waals surface area (Å²) in [6, 6.07) is 11.7. The number of carbonyl (C=O) groups excluding carboxylic acids is 1. The van der Waals surface area contributed by atoms with Crippen LogP contribution in [0.1, 0.15) is 27.9 Å². The summed E-state index contributed by atoms with van der Waals surface area (Å²) >= 11 is 10.5. The zero-order valence-electron chi connectivity index (χ0n) is 10.6. The van der Waals surface area contributed by atoms with Gasteiger partial charge in [0, 0.05) is 16.8 Å². The van der Waals surface area contributed by atoms with Crippen molar-refractivity contribution < 1.29 is 9.18 Å². The minimum atomic E-state index is -0.571. The summed E-state index contributed by atoms with van der Waals surface area (Å²) in [6.07, 6.45) is 0.827. The maximum Gasteiger partial charge on any atom is 0.166 e. The number of rotatable bonds is 5. The number of halogens is 2. The van der Waals surface area contributed by atoms with Crippen molar-refractivity contribution in [3.8, 4) is 0 Å². The van der Waals surface area contributed by atoms with E-state index in [1.807, 2.05) is 24.3 Å². The summed E-state index contributed by atoms with van der Waals surface area (Å²) in [7, 11) is 0. The van der Waals surface area contributed by atoms with Crippen molar-refractivity contribution >= 4 is 35.0 Å². The Labute approximate surface area is 127 Å². The van der Waals surface area contributed by atoms with Crippen molar-refractivity contribution in [3.63, 3.8) is 0 Å². The van der Waals surface area contributed by atoms with Gasteiger partial charge in [0.25, 0.3) is 0 Å². The van der Waals surface area contributed by atoms with E-state index < -0.39 is 5.82 Å². The number of carbonyl (C=O) groups is 1. The smallest absolute Gasteiger partial charge is 0.166 e. The van der Waals surface area contributed by atoms with Crippen LogP contribution < -0.4 is 0 Å². The van der Waals surface area contributed by atoms with Crippen LogP contribution in [-0.2, 0) is 6.42 Å². The van der Waals surface area contributed by atoms with Crippen LogP contribution >= 0.6 is 23.8 Å². The molecular formula is C16H12ClFOS. The van der Waals surface area contributed by atoms with Gasteiger partial charge in [0.1, 0.15) is 5.82 Å². The Balaban J connectivity index is 2.02. The van der Waals surface area contributed by atoms with Gasteiger partial charge in [-0.1, -0.05) is 48.1 Å². The van der Waals surface area contributed by atoms with E-state index in [4.69, 9.17) is 23.8 Å². The van der Waals surface area contributed by atoms with Crippen molar-refractivity contribution in [2.45, 2.75) is 12.8 Å². The molecule has 4 heteroatoms. The molecule has 0 spiro atoms. The fourth-order valence-corrected chi connectivity index (χ4v) is 2.19. The molecular weight excluding hydrogens is 295 g/mol. The number of ketones is 1. The zero-order chi connectivity index (χ0) is 14.5. The first-order valence-corrected chi connectivity index (χ1v) is 6.97. The molecule has 2 aromatic rings. The molecule has 0 radical (unpaired) electrons. The van der Waals surface area contributed by atoms with Gasteiger partial charge in [-0.15, -0.1) is 0 Å². The van der Waals surface area contributed by atoms with Crippen LogP contribution in [0.15, 0.2) is 42.5 Å². The summed E-state index contributed by atoms with van der Waals surface area (Å²) < 4.78 is 13.6. The van der Waals surface area contributed by atoms with Gasteiger partial charge in [-0.3, -0.25) is 4.79 Å². The van der Waals surface area contributed by atoms with E-state index in [1.54, 1.807) is 5.37 Å². The molecule has 0 aliphatic rings. The maximum absolute atomic E-state index is 13.6. The first-order valence-electron chi connectivity index (χ1n) is 6.12. The predicted molar refractivity (Wildman–Crippen MR) is 83.3 cm³/mol. The van der Waals surface area contributed by atoms with E-state index in [9.17, 15) is 9.18 Å². The maximum atomic E-state index is 13.6. The fraction of sp³-hybridized carbons (Fsp3) is 0.125. The molecule has 0 aliphatic carbocycles. The molecule has 2 aromatic carbocycles. The fourth-order valence-electron chi connectivity index (χ4n) is 1.87. The molecule has 0 heterocycles. The quantitative estimate of drug-likeness (QED) is 0.591. The highest BCUT2D eigenvalue weighted by Crippen LogP contribution is 2.17. The molecule has 20 heavy (non-hydrogen) atoms. The van der Waals surface area contributed by atoms with Gasteiger partial charge >= 0.3 is 0 Å². The van der Waals surface area contributed by atoms with Gasteiger partial charge < -0.3 is 0 Å². The minimum absolute atomic E-state index is 0.0879. The van der Waals surface area contributed by atoms with E-state index in [2.05, 4.69) is 0 Å². The molecule has 102 valence electrons.